The van der Waals surface area contributed by atoms with E-state index < -0.39 is 0 Å². The van der Waals surface area contributed by atoms with Crippen LogP contribution in [0.5, 0.6) is 0 Å². The van der Waals surface area contributed by atoms with Gasteiger partial charge < -0.3 is 5.32 Å². The van der Waals surface area contributed by atoms with Gasteiger partial charge in [-0.2, -0.15) is 0 Å². The van der Waals surface area contributed by atoms with Crippen molar-refractivity contribution in [2.75, 3.05) is 0 Å². The van der Waals surface area contributed by atoms with E-state index in [-0.39, 0.29) is 6.04 Å². The molecule has 0 aromatic heterocycles. The van der Waals surface area contributed by atoms with Crippen molar-refractivity contribution in [1.29, 1.82) is 0 Å². The highest BCUT2D eigenvalue weighted by atomic mass is 14.9. The van der Waals surface area contributed by atoms with Gasteiger partial charge in [-0.15, -0.1) is 0 Å². The lowest BCUT2D eigenvalue weighted by atomic mass is 9.91. The van der Waals surface area contributed by atoms with Crippen LogP contribution < -0.4 is 5.32 Å². The number of nitrogens with zero attached hydrogens (tertiary/aromatic N) is 1. The molecule has 0 saturated heterocycles. The summed E-state index contributed by atoms with van der Waals surface area (Å²) in [6.45, 7) is 18.6. The lowest BCUT2D eigenvalue weighted by Crippen LogP contribution is -2.01. The summed E-state index contributed by atoms with van der Waals surface area (Å²) >= 11 is 0. The lowest BCUT2D eigenvalue weighted by molar-refractivity contribution is 0.819. The molecule has 0 heterocycles. The first-order valence-corrected chi connectivity index (χ1v) is 19.7. The molecule has 8 rings (SSSR count). The Morgan fingerprint density at radius 3 is 1.68 bits per heavy atom. The van der Waals surface area contributed by atoms with Crippen LogP contribution >= 0.6 is 0 Å². The van der Waals surface area contributed by atoms with E-state index in [1.807, 2.05) is 18.2 Å². The first-order chi connectivity index (χ1) is 27.6. The summed E-state index contributed by atoms with van der Waals surface area (Å²) in [5.74, 6) is 0. The molecule has 0 spiro atoms. The van der Waals surface area contributed by atoms with Crippen LogP contribution in [0.2, 0.25) is 0 Å². The molecule has 1 atom stereocenters. The van der Waals surface area contributed by atoms with Gasteiger partial charge in [-0.25, -0.2) is 0 Å². The average Bonchev–Trinajstić information content (AvgIpc) is 3.22. The zero-order valence-electron chi connectivity index (χ0n) is 34.6. The SMILES string of the molecule is C=CNC=NC(C)c1ccc(-c2ccc(-c3cccc(C)c3)cc2C)c(C)c1.Cc1ccc2ccccc2c1.Cc1cccc2ccccc12.Cc1ccccc1. The second-order valence-corrected chi connectivity index (χ2v) is 14.6. The zero-order valence-corrected chi connectivity index (χ0v) is 34.6. The van der Waals surface area contributed by atoms with Crippen molar-refractivity contribution < 1.29 is 0 Å². The molecule has 286 valence electrons. The van der Waals surface area contributed by atoms with E-state index in [4.69, 9.17) is 0 Å². The van der Waals surface area contributed by atoms with Crippen LogP contribution in [0.4, 0.5) is 0 Å². The van der Waals surface area contributed by atoms with E-state index in [0.717, 1.165) is 0 Å². The normalized spacial score (nSPS) is 11.0. The fraction of sp³-hybridized carbons (Fsp3) is 0.145. The monoisotopic (exact) mass is 744 g/mol. The fourth-order valence-corrected chi connectivity index (χ4v) is 6.74. The van der Waals surface area contributed by atoms with Gasteiger partial charge in [0.2, 0.25) is 0 Å². The molecule has 0 aliphatic carbocycles. The van der Waals surface area contributed by atoms with E-state index in [1.165, 1.54) is 82.7 Å². The second kappa shape index (κ2) is 21.0. The summed E-state index contributed by atoms with van der Waals surface area (Å²) in [5.41, 5.74) is 14.1. The molecular weight excluding hydrogens is 689 g/mol. The molecule has 2 nitrogen and oxygen atoms in total. The third kappa shape index (κ3) is 12.2. The Morgan fingerprint density at radius 2 is 1.04 bits per heavy atom. The molecule has 0 bridgehead atoms. The van der Waals surface area contributed by atoms with E-state index in [0.29, 0.717) is 0 Å². The molecule has 1 N–H and O–H groups in total. The molecule has 8 aromatic carbocycles. The number of hydrogen-bond donors (Lipinski definition) is 1. The van der Waals surface area contributed by atoms with E-state index >= 15 is 0 Å². The molecule has 1 unspecified atom stereocenters. The Bertz CT molecular complexity index is 2530. The van der Waals surface area contributed by atoms with Crippen LogP contribution in [-0.4, -0.2) is 6.34 Å². The number of aliphatic imine (C=N–C) groups is 1. The highest BCUT2D eigenvalue weighted by molar-refractivity contribution is 5.85. The predicted molar refractivity (Wildman–Crippen MR) is 250 cm³/mol. The van der Waals surface area contributed by atoms with Gasteiger partial charge in [0.1, 0.15) is 0 Å². The van der Waals surface area contributed by atoms with Crippen LogP contribution in [-0.2, 0) is 0 Å². The molecule has 0 aliphatic rings. The van der Waals surface area contributed by atoms with Crippen molar-refractivity contribution in [3.8, 4) is 22.3 Å². The Morgan fingerprint density at radius 1 is 0.456 bits per heavy atom. The first-order valence-electron chi connectivity index (χ1n) is 19.7. The minimum absolute atomic E-state index is 0.102. The van der Waals surface area contributed by atoms with E-state index in [2.05, 4.69) is 223 Å². The predicted octanol–water partition coefficient (Wildman–Crippen LogP) is 15.1. The van der Waals surface area contributed by atoms with Crippen molar-refractivity contribution >= 4 is 27.9 Å². The topological polar surface area (TPSA) is 24.4 Å². The minimum Gasteiger partial charge on any atom is -0.354 e. The summed E-state index contributed by atoms with van der Waals surface area (Å²) in [5, 5.41) is 8.23. The number of fused-ring (bicyclic) bond motifs is 2. The van der Waals surface area contributed by atoms with Gasteiger partial charge in [0, 0.05) is 0 Å². The molecule has 2 heteroatoms. The van der Waals surface area contributed by atoms with Gasteiger partial charge in [-0.3, -0.25) is 4.99 Å². The van der Waals surface area contributed by atoms with E-state index in [1.54, 1.807) is 12.5 Å². The summed E-state index contributed by atoms with van der Waals surface area (Å²) in [4.78, 5) is 4.49. The standard InChI is InChI=1S/C26H28N2.2C11H10.C7H8/c1-6-27-17-28-21(5)22-10-12-25(19(3)15-22)26-13-11-24(16-20(26)4)23-9-7-8-18(2)14-23;1-9-5-4-7-10-6-2-3-8-11(9)10;1-9-6-7-10-4-2-3-5-11(10)8-9;1-7-5-3-2-4-6-7/h6-17,21H,1H2,2-5H3,(H,27,28);2*2-8H,1H3;2-6H,1H3. The molecule has 8 aromatic rings. The van der Waals surface area contributed by atoms with Gasteiger partial charge in [0.15, 0.2) is 0 Å². The summed E-state index contributed by atoms with van der Waals surface area (Å²) in [6.07, 6.45) is 3.31. The number of hydrogen-bond acceptors (Lipinski definition) is 1. The van der Waals surface area contributed by atoms with Gasteiger partial charge in [0.25, 0.3) is 0 Å². The third-order valence-electron chi connectivity index (χ3n) is 9.94. The maximum Gasteiger partial charge on any atom is 0.0870 e. The van der Waals surface area contributed by atoms with Gasteiger partial charge in [0.05, 0.1) is 12.4 Å². The highest BCUT2D eigenvalue weighted by Crippen LogP contribution is 2.32. The van der Waals surface area contributed by atoms with Gasteiger partial charge >= 0.3 is 0 Å². The quantitative estimate of drug-likeness (QED) is 0.133. The smallest absolute Gasteiger partial charge is 0.0870 e. The molecule has 0 saturated carbocycles. The molecular formula is C55H56N2. The summed E-state index contributed by atoms with van der Waals surface area (Å²) < 4.78 is 0. The highest BCUT2D eigenvalue weighted by Gasteiger charge is 2.10. The number of nitrogens with one attached hydrogen (secondary N) is 1. The van der Waals surface area contributed by atoms with Crippen molar-refractivity contribution in [1.82, 2.24) is 5.32 Å². The Kier molecular flexibility index (Phi) is 15.3. The zero-order chi connectivity index (χ0) is 40.6. The average molecular weight is 745 g/mol. The van der Waals surface area contributed by atoms with Gasteiger partial charge in [-0.05, 0) is 121 Å². The minimum atomic E-state index is 0.102. The molecule has 0 radical (unpaired) electrons. The largest absolute Gasteiger partial charge is 0.354 e. The van der Waals surface area contributed by atoms with Crippen molar-refractivity contribution in [3.63, 3.8) is 0 Å². The Balaban J connectivity index is 0.000000172. The van der Waals surface area contributed by atoms with Crippen LogP contribution in [0.15, 0.2) is 194 Å². The first kappa shape index (κ1) is 41.6. The van der Waals surface area contributed by atoms with Gasteiger partial charge in [-0.1, -0.05) is 199 Å². The second-order valence-electron chi connectivity index (χ2n) is 14.6. The number of aryl methyl sites for hydroxylation is 6. The molecule has 0 fully saturated rings. The van der Waals surface area contributed by atoms with Crippen LogP contribution in [0.3, 0.4) is 0 Å². The summed E-state index contributed by atoms with van der Waals surface area (Å²) in [6, 6.07) is 62.1. The Labute approximate surface area is 341 Å². The fourth-order valence-electron chi connectivity index (χ4n) is 6.74. The van der Waals surface area contributed by atoms with E-state index in [9.17, 15) is 0 Å². The number of rotatable bonds is 6. The third-order valence-corrected chi connectivity index (χ3v) is 9.94. The van der Waals surface area contributed by atoms with Crippen LogP contribution in [0, 0.1) is 41.5 Å². The van der Waals surface area contributed by atoms with Crippen LogP contribution in [0.25, 0.3) is 43.8 Å². The lowest BCUT2D eigenvalue weighted by Gasteiger charge is -2.14. The maximum absolute atomic E-state index is 4.49. The van der Waals surface area contributed by atoms with Crippen LogP contribution in [0.1, 0.15) is 51.9 Å². The Hall–Kier alpha value is -6.51. The van der Waals surface area contributed by atoms with Crippen molar-refractivity contribution in [2.24, 2.45) is 4.99 Å². The van der Waals surface area contributed by atoms with Crippen molar-refractivity contribution in [3.05, 3.63) is 228 Å². The molecule has 0 amide bonds. The molecule has 0 aliphatic heterocycles. The summed E-state index contributed by atoms with van der Waals surface area (Å²) in [7, 11) is 0. The molecule has 57 heavy (non-hydrogen) atoms. The van der Waals surface area contributed by atoms with Crippen molar-refractivity contribution in [2.45, 2.75) is 54.5 Å². The maximum atomic E-state index is 4.49. The number of benzene rings is 8.